The minimum absolute atomic E-state index is 0.476. The second-order valence-corrected chi connectivity index (χ2v) is 3.84. The normalized spacial score (nSPS) is 13.2. The van der Waals surface area contributed by atoms with Crippen LogP contribution >= 0.6 is 11.3 Å². The van der Waals surface area contributed by atoms with E-state index in [2.05, 4.69) is 11.9 Å². The maximum absolute atomic E-state index is 9.21. The number of ether oxygens (including phenoxy) is 1. The molecule has 0 aromatic carbocycles. The van der Waals surface area contributed by atoms with Gasteiger partial charge in [-0.3, -0.25) is 0 Å². The summed E-state index contributed by atoms with van der Waals surface area (Å²) in [7, 11) is 0. The monoisotopic (exact) mass is 201 g/mol. The number of aromatic nitrogens is 1. The Morgan fingerprint density at radius 3 is 3.00 bits per heavy atom. The summed E-state index contributed by atoms with van der Waals surface area (Å²) in [5.74, 6) is 0. The lowest BCUT2D eigenvalue weighted by molar-refractivity contribution is 0.120. The van der Waals surface area contributed by atoms with Gasteiger partial charge in [0.2, 0.25) is 0 Å². The van der Waals surface area contributed by atoms with Crippen LogP contribution in [0, 0.1) is 0 Å². The van der Waals surface area contributed by atoms with Crippen molar-refractivity contribution in [2.75, 3.05) is 6.61 Å². The number of rotatable bonds is 5. The Hall–Kier alpha value is -0.450. The summed E-state index contributed by atoms with van der Waals surface area (Å²) in [6.07, 6.45) is 0.547. The zero-order valence-corrected chi connectivity index (χ0v) is 8.80. The maximum atomic E-state index is 9.21. The molecule has 74 valence electrons. The largest absolute Gasteiger partial charge is 0.387 e. The van der Waals surface area contributed by atoms with E-state index in [0.717, 1.165) is 23.7 Å². The SMILES string of the molecule is CCCOCc1nc(C(C)O)cs1. The number of hydrogen-bond donors (Lipinski definition) is 1. The van der Waals surface area contributed by atoms with E-state index in [0.29, 0.717) is 6.61 Å². The lowest BCUT2D eigenvalue weighted by Gasteiger charge is -1.98. The number of thiazole rings is 1. The number of aliphatic hydroxyl groups excluding tert-OH is 1. The van der Waals surface area contributed by atoms with Gasteiger partial charge in [-0.05, 0) is 13.3 Å². The number of aliphatic hydroxyl groups is 1. The van der Waals surface area contributed by atoms with Crippen LogP contribution in [0.15, 0.2) is 5.38 Å². The Bertz CT molecular complexity index is 248. The Morgan fingerprint density at radius 1 is 1.69 bits per heavy atom. The van der Waals surface area contributed by atoms with Crippen LogP contribution in [0.5, 0.6) is 0 Å². The van der Waals surface area contributed by atoms with Crippen molar-refractivity contribution in [3.63, 3.8) is 0 Å². The van der Waals surface area contributed by atoms with E-state index in [-0.39, 0.29) is 0 Å². The minimum Gasteiger partial charge on any atom is -0.387 e. The fraction of sp³-hybridized carbons (Fsp3) is 0.667. The number of nitrogens with zero attached hydrogens (tertiary/aromatic N) is 1. The van der Waals surface area contributed by atoms with Gasteiger partial charge < -0.3 is 9.84 Å². The van der Waals surface area contributed by atoms with Gasteiger partial charge in [-0.15, -0.1) is 11.3 Å². The molecule has 4 heteroatoms. The van der Waals surface area contributed by atoms with Crippen molar-refractivity contribution in [3.05, 3.63) is 16.1 Å². The Balaban J connectivity index is 2.40. The first-order valence-electron chi connectivity index (χ1n) is 4.44. The van der Waals surface area contributed by atoms with E-state index in [1.807, 2.05) is 5.38 Å². The van der Waals surface area contributed by atoms with Crippen molar-refractivity contribution in [1.29, 1.82) is 0 Å². The third kappa shape index (κ3) is 3.42. The van der Waals surface area contributed by atoms with Gasteiger partial charge in [0.05, 0.1) is 18.4 Å². The molecule has 0 amide bonds. The lowest BCUT2D eigenvalue weighted by Crippen LogP contribution is -1.95. The molecule has 1 rings (SSSR count). The zero-order chi connectivity index (χ0) is 9.68. The maximum Gasteiger partial charge on any atom is 0.119 e. The molecular weight excluding hydrogens is 186 g/mol. The highest BCUT2D eigenvalue weighted by atomic mass is 32.1. The highest BCUT2D eigenvalue weighted by Gasteiger charge is 2.06. The summed E-state index contributed by atoms with van der Waals surface area (Å²) in [5, 5.41) is 12.0. The summed E-state index contributed by atoms with van der Waals surface area (Å²) in [4.78, 5) is 4.23. The summed E-state index contributed by atoms with van der Waals surface area (Å²) in [6, 6.07) is 0. The molecule has 0 spiro atoms. The molecule has 1 atom stereocenters. The highest BCUT2D eigenvalue weighted by molar-refractivity contribution is 7.09. The second kappa shape index (κ2) is 5.32. The predicted molar refractivity (Wildman–Crippen MR) is 52.7 cm³/mol. The first-order valence-corrected chi connectivity index (χ1v) is 5.32. The average Bonchev–Trinajstić information content (AvgIpc) is 2.53. The summed E-state index contributed by atoms with van der Waals surface area (Å²) >= 11 is 1.53. The Labute approximate surface area is 82.4 Å². The van der Waals surface area contributed by atoms with Gasteiger partial charge in [0, 0.05) is 12.0 Å². The van der Waals surface area contributed by atoms with E-state index in [4.69, 9.17) is 4.74 Å². The molecule has 1 aromatic heterocycles. The Kier molecular flexibility index (Phi) is 4.35. The topological polar surface area (TPSA) is 42.4 Å². The molecular formula is C9H15NO2S. The molecule has 13 heavy (non-hydrogen) atoms. The van der Waals surface area contributed by atoms with Crippen LogP contribution in [0.4, 0.5) is 0 Å². The van der Waals surface area contributed by atoms with Crippen LogP contribution in [-0.2, 0) is 11.3 Å². The molecule has 1 N–H and O–H groups in total. The number of hydrogen-bond acceptors (Lipinski definition) is 4. The second-order valence-electron chi connectivity index (χ2n) is 2.89. The van der Waals surface area contributed by atoms with Crippen molar-refractivity contribution in [3.8, 4) is 0 Å². The average molecular weight is 201 g/mol. The van der Waals surface area contributed by atoms with Gasteiger partial charge in [0.1, 0.15) is 5.01 Å². The first kappa shape index (κ1) is 10.6. The molecule has 1 unspecified atom stereocenters. The zero-order valence-electron chi connectivity index (χ0n) is 7.99. The molecule has 0 saturated heterocycles. The van der Waals surface area contributed by atoms with Crippen molar-refractivity contribution in [1.82, 2.24) is 4.98 Å². The van der Waals surface area contributed by atoms with Crippen LogP contribution in [0.3, 0.4) is 0 Å². The van der Waals surface area contributed by atoms with E-state index < -0.39 is 6.10 Å². The molecule has 0 bridgehead atoms. The Morgan fingerprint density at radius 2 is 2.46 bits per heavy atom. The van der Waals surface area contributed by atoms with Gasteiger partial charge in [0.25, 0.3) is 0 Å². The van der Waals surface area contributed by atoms with Crippen molar-refractivity contribution < 1.29 is 9.84 Å². The molecule has 0 radical (unpaired) electrons. The van der Waals surface area contributed by atoms with Crippen LogP contribution in [0.2, 0.25) is 0 Å². The molecule has 1 aromatic rings. The molecule has 0 saturated carbocycles. The highest BCUT2D eigenvalue weighted by Crippen LogP contribution is 2.16. The lowest BCUT2D eigenvalue weighted by atomic mass is 10.3. The van der Waals surface area contributed by atoms with Crippen LogP contribution in [0.1, 0.15) is 37.1 Å². The van der Waals surface area contributed by atoms with Crippen molar-refractivity contribution in [2.45, 2.75) is 33.0 Å². The summed E-state index contributed by atoms with van der Waals surface area (Å²) in [5.41, 5.74) is 0.736. The van der Waals surface area contributed by atoms with Gasteiger partial charge in [-0.1, -0.05) is 6.92 Å². The van der Waals surface area contributed by atoms with Gasteiger partial charge in [-0.25, -0.2) is 4.98 Å². The van der Waals surface area contributed by atoms with Crippen LogP contribution < -0.4 is 0 Å². The van der Waals surface area contributed by atoms with E-state index >= 15 is 0 Å². The van der Waals surface area contributed by atoms with Crippen molar-refractivity contribution >= 4 is 11.3 Å². The minimum atomic E-state index is -0.476. The predicted octanol–water partition coefficient (Wildman–Crippen LogP) is 2.12. The first-order chi connectivity index (χ1) is 6.24. The summed E-state index contributed by atoms with van der Waals surface area (Å²) < 4.78 is 5.33. The van der Waals surface area contributed by atoms with E-state index in [1.54, 1.807) is 6.92 Å². The third-order valence-corrected chi connectivity index (χ3v) is 2.41. The van der Waals surface area contributed by atoms with Gasteiger partial charge >= 0.3 is 0 Å². The standard InChI is InChI=1S/C9H15NO2S/c1-3-4-12-5-9-10-8(6-13-9)7(2)11/h6-7,11H,3-5H2,1-2H3. The van der Waals surface area contributed by atoms with Crippen LogP contribution in [-0.4, -0.2) is 16.7 Å². The molecule has 0 aliphatic heterocycles. The van der Waals surface area contributed by atoms with E-state index in [9.17, 15) is 5.11 Å². The molecule has 0 fully saturated rings. The molecule has 0 aliphatic carbocycles. The summed E-state index contributed by atoms with van der Waals surface area (Å²) in [6.45, 7) is 5.11. The van der Waals surface area contributed by atoms with Crippen molar-refractivity contribution in [2.24, 2.45) is 0 Å². The smallest absolute Gasteiger partial charge is 0.119 e. The molecule has 1 heterocycles. The quantitative estimate of drug-likeness (QED) is 0.742. The van der Waals surface area contributed by atoms with Crippen LogP contribution in [0.25, 0.3) is 0 Å². The third-order valence-electron chi connectivity index (χ3n) is 1.57. The van der Waals surface area contributed by atoms with Gasteiger partial charge in [0.15, 0.2) is 0 Å². The molecule has 0 aliphatic rings. The van der Waals surface area contributed by atoms with E-state index in [1.165, 1.54) is 11.3 Å². The fourth-order valence-corrected chi connectivity index (χ4v) is 1.70. The fourth-order valence-electron chi connectivity index (χ4n) is 0.887. The molecule has 3 nitrogen and oxygen atoms in total. The van der Waals surface area contributed by atoms with Gasteiger partial charge in [-0.2, -0.15) is 0 Å².